The molecule has 1 amide bonds. The highest BCUT2D eigenvalue weighted by molar-refractivity contribution is 7.89. The van der Waals surface area contributed by atoms with E-state index >= 15 is 0 Å². The van der Waals surface area contributed by atoms with Crippen LogP contribution in [-0.2, 0) is 32.5 Å². The molecular weight excluding hydrogens is 543 g/mol. The lowest BCUT2D eigenvalue weighted by Crippen LogP contribution is -2.36. The molecule has 0 aliphatic carbocycles. The number of amides is 1. The smallest absolute Gasteiger partial charge is 0.338 e. The van der Waals surface area contributed by atoms with Crippen LogP contribution in [0.1, 0.15) is 21.5 Å². The molecule has 38 heavy (non-hydrogen) atoms. The Morgan fingerprint density at radius 3 is 2.58 bits per heavy atom. The zero-order valence-corrected chi connectivity index (χ0v) is 21.0. The van der Waals surface area contributed by atoms with Crippen LogP contribution in [0.3, 0.4) is 0 Å². The molecule has 196 valence electrons. The highest BCUT2D eigenvalue weighted by atomic mass is 32.2. The number of thiazole rings is 1. The third-order valence-corrected chi connectivity index (χ3v) is 8.66. The Morgan fingerprint density at radius 2 is 1.79 bits per heavy atom. The average molecular weight is 562 g/mol. The maximum absolute atomic E-state index is 13.9. The number of benzene rings is 3. The molecule has 5 rings (SSSR count). The van der Waals surface area contributed by atoms with Crippen LogP contribution in [0.2, 0.25) is 0 Å². The predicted molar refractivity (Wildman–Crippen MR) is 133 cm³/mol. The van der Waals surface area contributed by atoms with Gasteiger partial charge in [-0.25, -0.2) is 31.4 Å². The number of halogens is 3. The minimum atomic E-state index is -3.90. The van der Waals surface area contributed by atoms with Gasteiger partial charge in [-0.15, -0.1) is 0 Å². The molecule has 3 aromatic carbocycles. The number of aromatic nitrogens is 1. The van der Waals surface area contributed by atoms with Crippen LogP contribution < -0.4 is 5.32 Å². The standard InChI is InChI=1S/C25H18F3N3O5S2/c26-18-11-19-23(22(28)21(18)27)30-25(37-19)29-20(32)13-36-24(33)15-6-3-7-17(10-15)38(34,35)31-9-8-14-4-1-2-5-16(14)12-31/h1-7,10-11H,8-9,12-13H2,(H,29,30,32). The summed E-state index contributed by atoms with van der Waals surface area (Å²) >= 11 is 0.706. The van der Waals surface area contributed by atoms with Crippen molar-refractivity contribution in [2.45, 2.75) is 17.9 Å². The van der Waals surface area contributed by atoms with Crippen LogP contribution in [0.4, 0.5) is 18.3 Å². The number of rotatable bonds is 6. The van der Waals surface area contributed by atoms with Gasteiger partial charge in [0.25, 0.3) is 5.91 Å². The number of nitrogens with one attached hydrogen (secondary N) is 1. The van der Waals surface area contributed by atoms with Gasteiger partial charge in [-0.1, -0.05) is 41.7 Å². The normalized spacial score (nSPS) is 13.8. The van der Waals surface area contributed by atoms with Crippen molar-refractivity contribution in [2.75, 3.05) is 18.5 Å². The fourth-order valence-corrected chi connectivity index (χ4v) is 6.37. The second-order valence-electron chi connectivity index (χ2n) is 8.36. The predicted octanol–water partition coefficient (Wildman–Crippen LogP) is 4.26. The van der Waals surface area contributed by atoms with Crippen molar-refractivity contribution in [3.05, 3.63) is 88.7 Å². The maximum atomic E-state index is 13.9. The van der Waals surface area contributed by atoms with Crippen LogP contribution in [0, 0.1) is 17.5 Å². The molecule has 0 unspecified atom stereocenters. The van der Waals surface area contributed by atoms with E-state index in [1.165, 1.54) is 28.6 Å². The molecule has 2 heterocycles. The zero-order chi connectivity index (χ0) is 27.0. The molecule has 1 aliphatic heterocycles. The van der Waals surface area contributed by atoms with E-state index in [-0.39, 0.29) is 26.8 Å². The van der Waals surface area contributed by atoms with Gasteiger partial charge in [0.05, 0.1) is 15.2 Å². The van der Waals surface area contributed by atoms with Crippen LogP contribution in [0.5, 0.6) is 0 Å². The van der Waals surface area contributed by atoms with E-state index in [1.54, 1.807) is 0 Å². The molecule has 13 heteroatoms. The minimum Gasteiger partial charge on any atom is -0.452 e. The number of ether oxygens (including phenoxy) is 1. The van der Waals surface area contributed by atoms with Gasteiger partial charge in [-0.05, 0) is 41.8 Å². The molecule has 4 aromatic rings. The van der Waals surface area contributed by atoms with Gasteiger partial charge >= 0.3 is 5.97 Å². The Balaban J connectivity index is 1.24. The van der Waals surface area contributed by atoms with Crippen molar-refractivity contribution in [3.63, 3.8) is 0 Å². The molecular formula is C25H18F3N3O5S2. The minimum absolute atomic E-state index is 0.0242. The Bertz CT molecular complexity index is 1690. The number of anilines is 1. The second-order valence-corrected chi connectivity index (χ2v) is 11.3. The average Bonchev–Trinajstić information content (AvgIpc) is 3.32. The van der Waals surface area contributed by atoms with E-state index in [2.05, 4.69) is 10.3 Å². The number of esters is 1. The Labute approximate surface area is 218 Å². The van der Waals surface area contributed by atoms with E-state index in [0.717, 1.165) is 17.2 Å². The summed E-state index contributed by atoms with van der Waals surface area (Å²) in [6.07, 6.45) is 0.567. The van der Waals surface area contributed by atoms with E-state index in [4.69, 9.17) is 4.74 Å². The summed E-state index contributed by atoms with van der Waals surface area (Å²) < 4.78 is 73.4. The first-order valence-corrected chi connectivity index (χ1v) is 13.5. The van der Waals surface area contributed by atoms with Gasteiger partial charge in [0.1, 0.15) is 5.52 Å². The Kier molecular flexibility index (Phi) is 6.90. The Hall–Kier alpha value is -3.81. The monoisotopic (exact) mass is 561 g/mol. The fraction of sp³-hybridized carbons (Fsp3) is 0.160. The summed E-state index contributed by atoms with van der Waals surface area (Å²) in [6.45, 7) is -0.259. The summed E-state index contributed by atoms with van der Waals surface area (Å²) in [5.74, 6) is -6.33. The molecule has 0 radical (unpaired) electrons. The maximum Gasteiger partial charge on any atom is 0.338 e. The molecule has 1 aliphatic rings. The second kappa shape index (κ2) is 10.2. The first-order valence-electron chi connectivity index (χ1n) is 11.2. The number of carbonyl (C=O) groups is 2. The Morgan fingerprint density at radius 1 is 1.03 bits per heavy atom. The van der Waals surface area contributed by atoms with Crippen molar-refractivity contribution < 1.29 is 35.9 Å². The van der Waals surface area contributed by atoms with Crippen molar-refractivity contribution in [2.24, 2.45) is 0 Å². The van der Waals surface area contributed by atoms with Crippen molar-refractivity contribution in [1.29, 1.82) is 0 Å². The van der Waals surface area contributed by atoms with Gasteiger partial charge in [0.15, 0.2) is 29.2 Å². The first kappa shape index (κ1) is 25.8. The van der Waals surface area contributed by atoms with E-state index in [9.17, 15) is 31.2 Å². The van der Waals surface area contributed by atoms with E-state index in [0.29, 0.717) is 24.3 Å². The van der Waals surface area contributed by atoms with E-state index in [1.807, 2.05) is 24.3 Å². The highest BCUT2D eigenvalue weighted by Crippen LogP contribution is 2.30. The fourth-order valence-electron chi connectivity index (χ4n) is 4.01. The lowest BCUT2D eigenvalue weighted by atomic mass is 10.0. The SMILES string of the molecule is O=C(COC(=O)c1cccc(S(=O)(=O)N2CCc3ccccc3C2)c1)Nc1nc2c(F)c(F)c(F)cc2s1. The van der Waals surface area contributed by atoms with Crippen LogP contribution in [0.25, 0.3) is 10.2 Å². The lowest BCUT2D eigenvalue weighted by Gasteiger charge is -2.28. The number of carbonyl (C=O) groups excluding carboxylic acids is 2. The number of hydrogen-bond donors (Lipinski definition) is 1. The van der Waals surface area contributed by atoms with Gasteiger partial charge in [0, 0.05) is 13.1 Å². The van der Waals surface area contributed by atoms with Gasteiger partial charge in [-0.2, -0.15) is 4.31 Å². The molecule has 1 aromatic heterocycles. The molecule has 0 spiro atoms. The molecule has 0 atom stereocenters. The topological polar surface area (TPSA) is 106 Å². The van der Waals surface area contributed by atoms with Crippen molar-refractivity contribution in [3.8, 4) is 0 Å². The third-order valence-electron chi connectivity index (χ3n) is 5.91. The van der Waals surface area contributed by atoms with E-state index < -0.39 is 51.5 Å². The zero-order valence-electron chi connectivity index (χ0n) is 19.4. The van der Waals surface area contributed by atoms with Crippen LogP contribution >= 0.6 is 11.3 Å². The van der Waals surface area contributed by atoms with Gasteiger partial charge < -0.3 is 4.74 Å². The summed E-state index contributed by atoms with van der Waals surface area (Å²) in [5.41, 5.74) is 1.47. The third kappa shape index (κ3) is 4.99. The van der Waals surface area contributed by atoms with Crippen LogP contribution in [-0.4, -0.2) is 42.7 Å². The first-order chi connectivity index (χ1) is 18.1. The molecule has 0 bridgehead atoms. The highest BCUT2D eigenvalue weighted by Gasteiger charge is 2.29. The molecule has 0 saturated heterocycles. The summed E-state index contributed by atoms with van der Waals surface area (Å²) in [7, 11) is -3.90. The van der Waals surface area contributed by atoms with Crippen molar-refractivity contribution in [1.82, 2.24) is 9.29 Å². The summed E-state index contributed by atoms with van der Waals surface area (Å²) in [6, 6.07) is 13.6. The number of hydrogen-bond acceptors (Lipinski definition) is 7. The molecule has 0 fully saturated rings. The summed E-state index contributed by atoms with van der Waals surface area (Å²) in [4.78, 5) is 28.4. The molecule has 0 saturated carbocycles. The van der Waals surface area contributed by atoms with Crippen LogP contribution in [0.15, 0.2) is 59.5 Å². The molecule has 8 nitrogen and oxygen atoms in total. The summed E-state index contributed by atoms with van der Waals surface area (Å²) in [5, 5.41) is 2.12. The van der Waals surface area contributed by atoms with Crippen molar-refractivity contribution >= 4 is 48.6 Å². The van der Waals surface area contributed by atoms with Gasteiger partial charge in [-0.3, -0.25) is 10.1 Å². The lowest BCUT2D eigenvalue weighted by molar-refractivity contribution is -0.119. The van der Waals surface area contributed by atoms with Gasteiger partial charge in [0.2, 0.25) is 10.0 Å². The number of nitrogens with zero attached hydrogens (tertiary/aromatic N) is 2. The number of sulfonamides is 1. The largest absolute Gasteiger partial charge is 0.452 e. The quantitative estimate of drug-likeness (QED) is 0.279. The molecule has 1 N–H and O–H groups in total. The number of fused-ring (bicyclic) bond motifs is 2.